The predicted molar refractivity (Wildman–Crippen MR) is 65.6 cm³/mol. The van der Waals surface area contributed by atoms with E-state index in [-0.39, 0.29) is 24.0 Å². The van der Waals surface area contributed by atoms with E-state index in [9.17, 15) is 4.79 Å². The number of ether oxygens (including phenoxy) is 2. The van der Waals surface area contributed by atoms with E-state index in [4.69, 9.17) is 15.2 Å². The summed E-state index contributed by atoms with van der Waals surface area (Å²) in [5, 5.41) is 0. The highest BCUT2D eigenvalue weighted by molar-refractivity contribution is 5.82. The van der Waals surface area contributed by atoms with Crippen molar-refractivity contribution in [1.29, 1.82) is 0 Å². The monoisotopic (exact) mass is 244 g/mol. The number of carbonyl (C=O) groups excluding carboxylic acids is 1. The number of nitrogens with zero attached hydrogens (tertiary/aromatic N) is 1. The maximum absolute atomic E-state index is 12.2. The topological polar surface area (TPSA) is 64.8 Å². The lowest BCUT2D eigenvalue weighted by Crippen LogP contribution is -2.46. The lowest BCUT2D eigenvalue weighted by atomic mass is 9.99. The second-order valence-corrected chi connectivity index (χ2v) is 4.70. The molecule has 1 rings (SSSR count). The molecule has 0 spiro atoms. The highest BCUT2D eigenvalue weighted by atomic mass is 16.5. The van der Waals surface area contributed by atoms with Crippen molar-refractivity contribution in [3.05, 3.63) is 0 Å². The minimum Gasteiger partial charge on any atom is -0.377 e. The van der Waals surface area contributed by atoms with Crippen molar-refractivity contribution in [2.45, 2.75) is 38.5 Å². The molecule has 0 aromatic heterocycles. The quantitative estimate of drug-likeness (QED) is 0.752. The molecule has 0 aliphatic carbocycles. The predicted octanol–water partition coefficient (Wildman–Crippen LogP) is 0.232. The summed E-state index contributed by atoms with van der Waals surface area (Å²) in [5.74, 6) is 0.200. The zero-order chi connectivity index (χ0) is 13.0. The van der Waals surface area contributed by atoms with Crippen LogP contribution in [0.4, 0.5) is 0 Å². The van der Waals surface area contributed by atoms with E-state index in [1.54, 1.807) is 19.1 Å². The number of hydrogen-bond donors (Lipinski definition) is 1. The maximum atomic E-state index is 12.2. The first-order chi connectivity index (χ1) is 8.04. The van der Waals surface area contributed by atoms with Gasteiger partial charge in [0.25, 0.3) is 0 Å². The van der Waals surface area contributed by atoms with Gasteiger partial charge in [0.1, 0.15) is 12.2 Å². The molecule has 17 heavy (non-hydrogen) atoms. The van der Waals surface area contributed by atoms with E-state index in [0.717, 1.165) is 6.42 Å². The summed E-state index contributed by atoms with van der Waals surface area (Å²) in [7, 11) is 3.28. The summed E-state index contributed by atoms with van der Waals surface area (Å²) < 4.78 is 10.6. The Morgan fingerprint density at radius 1 is 1.35 bits per heavy atom. The minimum absolute atomic E-state index is 0.000880. The molecule has 5 heteroatoms. The zero-order valence-electron chi connectivity index (χ0n) is 11.2. The van der Waals surface area contributed by atoms with Crippen LogP contribution in [0.1, 0.15) is 20.3 Å². The number of hydrogen-bond acceptors (Lipinski definition) is 4. The Hall–Kier alpha value is -0.650. The first kappa shape index (κ1) is 14.4. The van der Waals surface area contributed by atoms with Gasteiger partial charge in [0.2, 0.25) is 5.91 Å². The van der Waals surface area contributed by atoms with Gasteiger partial charge in [0.15, 0.2) is 0 Å². The highest BCUT2D eigenvalue weighted by Crippen LogP contribution is 2.18. The van der Waals surface area contributed by atoms with Crippen molar-refractivity contribution in [1.82, 2.24) is 4.90 Å². The maximum Gasteiger partial charge on any atom is 0.239 e. The van der Waals surface area contributed by atoms with Gasteiger partial charge in [-0.25, -0.2) is 0 Å². The molecule has 1 saturated heterocycles. The van der Waals surface area contributed by atoms with Crippen molar-refractivity contribution in [2.75, 3.05) is 27.3 Å². The van der Waals surface area contributed by atoms with Crippen LogP contribution in [0.2, 0.25) is 0 Å². The first-order valence-corrected chi connectivity index (χ1v) is 6.15. The van der Waals surface area contributed by atoms with Gasteiger partial charge in [-0.3, -0.25) is 4.79 Å². The van der Waals surface area contributed by atoms with Gasteiger partial charge < -0.3 is 20.1 Å². The van der Waals surface area contributed by atoms with Gasteiger partial charge in [0.05, 0.1) is 6.04 Å². The van der Waals surface area contributed by atoms with Crippen LogP contribution in [0, 0.1) is 5.92 Å². The molecule has 1 fully saturated rings. The summed E-state index contributed by atoms with van der Waals surface area (Å²) in [6.45, 7) is 5.17. The van der Waals surface area contributed by atoms with Crippen molar-refractivity contribution >= 4 is 5.91 Å². The van der Waals surface area contributed by atoms with Gasteiger partial charge in [-0.05, 0) is 5.92 Å². The third-order valence-corrected chi connectivity index (χ3v) is 3.67. The van der Waals surface area contributed by atoms with Gasteiger partial charge in [0, 0.05) is 27.3 Å². The summed E-state index contributed by atoms with van der Waals surface area (Å²) in [6.07, 6.45) is 0.809. The summed E-state index contributed by atoms with van der Waals surface area (Å²) >= 11 is 0. The fourth-order valence-corrected chi connectivity index (χ4v) is 2.08. The molecule has 5 nitrogen and oxygen atoms in total. The molecular formula is C12H24N2O3. The molecule has 1 aliphatic rings. The van der Waals surface area contributed by atoms with E-state index in [0.29, 0.717) is 13.1 Å². The van der Waals surface area contributed by atoms with Crippen LogP contribution in [0.5, 0.6) is 0 Å². The molecular weight excluding hydrogens is 220 g/mol. The molecule has 100 valence electrons. The average Bonchev–Trinajstić information content (AvgIpc) is 2.78. The fourth-order valence-electron chi connectivity index (χ4n) is 2.08. The molecule has 0 bridgehead atoms. The molecule has 1 heterocycles. The number of likely N-dealkylation sites (tertiary alicyclic amines) is 1. The standard InChI is InChI=1S/C12H24N2O3/c1-5-8(2)11(13)12(15)14-6-9(16-3)10(7-14)17-4/h8-11H,5-7,13H2,1-4H3/t8-,9?,10?,11-/m0/s1. The van der Waals surface area contributed by atoms with Crippen LogP contribution in [0.25, 0.3) is 0 Å². The second-order valence-electron chi connectivity index (χ2n) is 4.70. The van der Waals surface area contributed by atoms with E-state index < -0.39 is 6.04 Å². The molecule has 0 saturated carbocycles. The molecule has 0 radical (unpaired) electrons. The van der Waals surface area contributed by atoms with Crippen LogP contribution in [0.3, 0.4) is 0 Å². The van der Waals surface area contributed by atoms with Crippen molar-refractivity contribution in [2.24, 2.45) is 11.7 Å². The molecule has 4 atom stereocenters. The van der Waals surface area contributed by atoms with Crippen molar-refractivity contribution in [3.8, 4) is 0 Å². The molecule has 2 N–H and O–H groups in total. The van der Waals surface area contributed by atoms with Crippen LogP contribution >= 0.6 is 0 Å². The van der Waals surface area contributed by atoms with Gasteiger partial charge in [-0.15, -0.1) is 0 Å². The van der Waals surface area contributed by atoms with Crippen LogP contribution in [-0.2, 0) is 14.3 Å². The lowest BCUT2D eigenvalue weighted by molar-refractivity contribution is -0.133. The van der Waals surface area contributed by atoms with Gasteiger partial charge in [-0.1, -0.05) is 20.3 Å². The van der Waals surface area contributed by atoms with Crippen LogP contribution in [0.15, 0.2) is 0 Å². The summed E-state index contributed by atoms with van der Waals surface area (Å²) in [4.78, 5) is 13.9. The van der Waals surface area contributed by atoms with Gasteiger partial charge >= 0.3 is 0 Å². The third kappa shape index (κ3) is 3.18. The number of nitrogens with two attached hydrogens (primary N) is 1. The Morgan fingerprint density at radius 2 is 1.82 bits per heavy atom. The average molecular weight is 244 g/mol. The van der Waals surface area contributed by atoms with Crippen molar-refractivity contribution < 1.29 is 14.3 Å². The number of carbonyl (C=O) groups is 1. The zero-order valence-corrected chi connectivity index (χ0v) is 11.2. The Balaban J connectivity index is 2.60. The summed E-state index contributed by atoms with van der Waals surface area (Å²) in [5.41, 5.74) is 5.95. The fraction of sp³-hybridized carbons (Fsp3) is 0.917. The van der Waals surface area contributed by atoms with Gasteiger partial charge in [-0.2, -0.15) is 0 Å². The lowest BCUT2D eigenvalue weighted by Gasteiger charge is -2.24. The van der Waals surface area contributed by atoms with Crippen LogP contribution in [-0.4, -0.2) is 56.4 Å². The van der Waals surface area contributed by atoms with E-state index in [1.807, 2.05) is 13.8 Å². The number of methoxy groups -OCH3 is 2. The second kappa shape index (κ2) is 6.33. The Bertz CT molecular complexity index is 248. The third-order valence-electron chi connectivity index (χ3n) is 3.67. The van der Waals surface area contributed by atoms with E-state index in [2.05, 4.69) is 0 Å². The first-order valence-electron chi connectivity index (χ1n) is 6.15. The van der Waals surface area contributed by atoms with E-state index >= 15 is 0 Å². The molecule has 2 unspecified atom stereocenters. The minimum atomic E-state index is -0.423. The normalized spacial score (nSPS) is 28.2. The van der Waals surface area contributed by atoms with Crippen LogP contribution < -0.4 is 5.73 Å². The Kier molecular flexibility index (Phi) is 5.36. The number of amides is 1. The Labute approximate surface area is 103 Å². The smallest absolute Gasteiger partial charge is 0.239 e. The molecule has 0 aromatic rings. The molecule has 1 amide bonds. The Morgan fingerprint density at radius 3 is 2.18 bits per heavy atom. The largest absolute Gasteiger partial charge is 0.377 e. The highest BCUT2D eigenvalue weighted by Gasteiger charge is 2.37. The molecule has 1 aliphatic heterocycles. The van der Waals surface area contributed by atoms with E-state index in [1.165, 1.54) is 0 Å². The molecule has 0 aromatic carbocycles. The number of rotatable bonds is 5. The van der Waals surface area contributed by atoms with Crippen molar-refractivity contribution in [3.63, 3.8) is 0 Å². The summed E-state index contributed by atoms with van der Waals surface area (Å²) in [6, 6.07) is -0.423. The SMILES string of the molecule is CC[C@H](C)[C@H](N)C(=O)N1CC(OC)C(OC)C1.